The number of aromatic nitrogens is 2. The van der Waals surface area contributed by atoms with E-state index in [0.717, 1.165) is 54.9 Å². The number of guanidine groups is 1. The number of nitrogens with one attached hydrogen (secondary N) is 8. The van der Waals surface area contributed by atoms with E-state index in [0.29, 0.717) is 6.42 Å². The minimum atomic E-state index is -1.90. The summed E-state index contributed by atoms with van der Waals surface area (Å²) in [5.74, 6) is -5.47. The molecule has 30 nitrogen and oxygen atoms in total. The number of nitrogens with two attached hydrogens (primary N) is 2. The fourth-order valence-electron chi connectivity index (χ4n) is 10.4. The lowest BCUT2D eigenvalue weighted by molar-refractivity contribution is -0.231. The third-order valence-corrected chi connectivity index (χ3v) is 15.2. The number of carboxylic acid groups (broad SMARTS) is 2. The molecule has 2 saturated heterocycles. The van der Waals surface area contributed by atoms with Crippen molar-refractivity contribution in [3.05, 3.63) is 33.1 Å². The number of esters is 1. The maximum atomic E-state index is 14.5. The number of carboxylic acids is 2. The highest BCUT2D eigenvalue weighted by atomic mass is 16.7. The lowest BCUT2D eigenvalue weighted by atomic mass is 9.96. The van der Waals surface area contributed by atoms with Gasteiger partial charge in [0, 0.05) is 52.1 Å². The molecule has 3 aliphatic heterocycles. The molecule has 15 atom stereocenters. The van der Waals surface area contributed by atoms with Gasteiger partial charge in [0.05, 0.1) is 6.04 Å². The van der Waals surface area contributed by atoms with Gasteiger partial charge in [-0.05, 0) is 43.6 Å². The number of nitrogens with zero attached hydrogens (tertiary/aromatic N) is 2. The van der Waals surface area contributed by atoms with Crippen LogP contribution < -0.4 is 59.9 Å². The molecule has 4 amide bonds. The predicted molar refractivity (Wildman–Crippen MR) is 308 cm³/mol. The Morgan fingerprint density at radius 3 is 2.01 bits per heavy atom. The van der Waals surface area contributed by atoms with Crippen molar-refractivity contribution in [1.29, 1.82) is 0 Å². The van der Waals surface area contributed by atoms with Crippen molar-refractivity contribution in [1.82, 2.24) is 46.8 Å². The Morgan fingerprint density at radius 2 is 1.44 bits per heavy atom. The van der Waals surface area contributed by atoms with Gasteiger partial charge in [-0.3, -0.25) is 43.8 Å². The van der Waals surface area contributed by atoms with Crippen LogP contribution in [0.15, 0.2) is 26.8 Å². The summed E-state index contributed by atoms with van der Waals surface area (Å²) in [5, 5.41) is 72.7. The Labute approximate surface area is 495 Å². The number of aliphatic carboxylic acids is 2. The molecular formula is C55H96N12O18. The number of aliphatic hydroxyl groups excluding tert-OH is 3. The average Bonchev–Trinajstić information content (AvgIpc) is 2.02. The van der Waals surface area contributed by atoms with Crippen molar-refractivity contribution in [3.8, 4) is 0 Å². The van der Waals surface area contributed by atoms with Crippen LogP contribution >= 0.6 is 0 Å². The van der Waals surface area contributed by atoms with Crippen LogP contribution in [-0.2, 0) is 47.7 Å². The minimum absolute atomic E-state index is 0.0217. The zero-order chi connectivity index (χ0) is 62.9. The van der Waals surface area contributed by atoms with E-state index in [1.165, 1.54) is 39.2 Å². The standard InChI is InChI=1S/C55H96N12O18/c1-29(2)19-16-14-12-10-8-9-11-13-15-17-20-35(69)83-43(31(5)6)38(64-48(74)37(32-21-25-60-53(57)62-32)66-54(79)65-36(30(3)4)50(75)76)47(73)59-24-18-23-58-28-61-39(51(77)78)44(85-52-46(81-7)40(70)33(27-56)82-52)45-41(71)42(72)49(84-45)67-26-22-34(68)63-55(67)80/h22,26,29-33,36-46,49,52,58,61,70-72H,8-21,23-25,27-28,56H2,1-7H3,(H,59,73)(H,64,74)(H,75,76)(H,77,78)(H3,57,60,62)(H,63,68,80)(H2,65,66,79). The van der Waals surface area contributed by atoms with Crippen LogP contribution in [0.4, 0.5) is 4.79 Å². The molecule has 30 heteroatoms. The van der Waals surface area contributed by atoms with E-state index in [9.17, 15) is 63.9 Å². The molecule has 0 bridgehead atoms. The summed E-state index contributed by atoms with van der Waals surface area (Å²) in [6.07, 6.45) is -1.90. The summed E-state index contributed by atoms with van der Waals surface area (Å²) in [4.78, 5) is 112. The van der Waals surface area contributed by atoms with E-state index < -0.39 is 150 Å². The fraction of sp³-hybridized carbons (Fsp3) is 0.800. The number of carbonyl (C=O) groups is 6. The number of ether oxygens (including phenoxy) is 5. The monoisotopic (exact) mass is 1210 g/mol. The summed E-state index contributed by atoms with van der Waals surface area (Å²) in [6.45, 7) is 10.8. The molecule has 15 unspecified atom stereocenters. The summed E-state index contributed by atoms with van der Waals surface area (Å²) in [6, 6.07) is -7.00. The number of aliphatic imine (C=N–C) groups is 1. The van der Waals surface area contributed by atoms with Crippen LogP contribution in [0.2, 0.25) is 0 Å². The van der Waals surface area contributed by atoms with Crippen LogP contribution in [0.5, 0.6) is 0 Å². The molecule has 0 aromatic carbocycles. The maximum absolute atomic E-state index is 14.5. The number of hydrogen-bond donors (Lipinski definition) is 15. The number of urea groups is 1. The Bertz CT molecular complexity index is 2410. The Balaban J connectivity index is 1.47. The number of aliphatic hydroxyl groups is 3. The molecule has 1 aromatic rings. The fourth-order valence-corrected chi connectivity index (χ4v) is 10.4. The van der Waals surface area contributed by atoms with E-state index in [4.69, 9.17) is 35.2 Å². The number of carbonyl (C=O) groups excluding carboxylic acids is 4. The quantitative estimate of drug-likeness (QED) is 0.0203. The van der Waals surface area contributed by atoms with Crippen molar-refractivity contribution in [3.63, 3.8) is 0 Å². The van der Waals surface area contributed by atoms with E-state index in [1.54, 1.807) is 27.7 Å². The Kier molecular flexibility index (Phi) is 30.6. The van der Waals surface area contributed by atoms with Crippen LogP contribution in [0.1, 0.15) is 138 Å². The van der Waals surface area contributed by atoms with Crippen LogP contribution in [0.3, 0.4) is 0 Å². The molecule has 2 fully saturated rings. The lowest BCUT2D eigenvalue weighted by Gasteiger charge is -2.34. The topological polar surface area (TPSA) is 453 Å². The summed E-state index contributed by atoms with van der Waals surface area (Å²) < 4.78 is 30.0. The highest BCUT2D eigenvalue weighted by molar-refractivity contribution is 5.94. The number of methoxy groups -OCH3 is 1. The molecule has 484 valence electrons. The highest BCUT2D eigenvalue weighted by Crippen LogP contribution is 2.35. The minimum Gasteiger partial charge on any atom is -0.480 e. The van der Waals surface area contributed by atoms with E-state index >= 15 is 0 Å². The SMILES string of the molecule is COC1C(OC(C(NCNCCCNC(=O)C(NC(=O)C(NC(=O)NC(C(=O)O)C(C)C)C2CCN=C(N)N2)C(OC(=O)CCCCCCCCCCCCC(C)C)C(C)C)C(=O)O)C2OC(n3ccc(=O)[nH]c3=O)C(O)C2O)OC(CN)C1O. The molecule has 0 radical (unpaired) electrons. The normalized spacial score (nSPS) is 24.4. The number of hydrogen-bond acceptors (Lipinski definition) is 22. The summed E-state index contributed by atoms with van der Waals surface area (Å²) in [5.41, 5.74) is 10.0. The van der Waals surface area contributed by atoms with Gasteiger partial charge in [-0.2, -0.15) is 0 Å². The van der Waals surface area contributed by atoms with Crippen LogP contribution in [0.25, 0.3) is 0 Å². The molecule has 85 heavy (non-hydrogen) atoms. The van der Waals surface area contributed by atoms with Gasteiger partial charge in [0.15, 0.2) is 18.5 Å². The Hall–Kier alpha value is -5.83. The number of aromatic amines is 1. The maximum Gasteiger partial charge on any atom is 0.330 e. The zero-order valence-corrected chi connectivity index (χ0v) is 50.1. The lowest BCUT2D eigenvalue weighted by Crippen LogP contribution is -2.66. The van der Waals surface area contributed by atoms with Crippen molar-refractivity contribution in [2.24, 2.45) is 34.2 Å². The van der Waals surface area contributed by atoms with Crippen molar-refractivity contribution >= 4 is 41.7 Å². The summed E-state index contributed by atoms with van der Waals surface area (Å²) >= 11 is 0. The number of amides is 4. The van der Waals surface area contributed by atoms with E-state index in [2.05, 4.69) is 56.1 Å². The summed E-state index contributed by atoms with van der Waals surface area (Å²) in [7, 11) is 1.24. The molecule has 0 saturated carbocycles. The molecule has 0 aliphatic carbocycles. The van der Waals surface area contributed by atoms with Gasteiger partial charge in [0.25, 0.3) is 5.56 Å². The van der Waals surface area contributed by atoms with Gasteiger partial charge in [0.1, 0.15) is 73.0 Å². The first-order valence-electron chi connectivity index (χ1n) is 29.8. The second-order valence-corrected chi connectivity index (χ2v) is 23.0. The van der Waals surface area contributed by atoms with E-state index in [-0.39, 0.29) is 58.1 Å². The first kappa shape index (κ1) is 71.6. The molecule has 0 spiro atoms. The van der Waals surface area contributed by atoms with Gasteiger partial charge in [0.2, 0.25) is 11.8 Å². The number of H-pyrrole nitrogens is 1. The molecular weight excluding hydrogens is 1120 g/mol. The smallest absolute Gasteiger partial charge is 0.330 e. The zero-order valence-electron chi connectivity index (χ0n) is 50.1. The second kappa shape index (κ2) is 36.3. The van der Waals surface area contributed by atoms with Gasteiger partial charge in [-0.1, -0.05) is 106 Å². The molecule has 4 heterocycles. The van der Waals surface area contributed by atoms with E-state index in [1.807, 2.05) is 4.98 Å². The molecule has 4 rings (SSSR count). The van der Waals surface area contributed by atoms with Crippen molar-refractivity contribution < 1.29 is 78.0 Å². The highest BCUT2D eigenvalue weighted by Gasteiger charge is 2.54. The van der Waals surface area contributed by atoms with Crippen molar-refractivity contribution in [2.45, 2.75) is 223 Å². The molecule has 17 N–H and O–H groups in total. The molecule has 3 aliphatic rings. The number of unbranched alkanes of at least 4 members (excludes halogenated alkanes) is 9. The third-order valence-electron chi connectivity index (χ3n) is 15.2. The third kappa shape index (κ3) is 22.4. The van der Waals surface area contributed by atoms with Gasteiger partial charge >= 0.3 is 29.6 Å². The first-order chi connectivity index (χ1) is 40.4. The van der Waals surface area contributed by atoms with Gasteiger partial charge in [-0.15, -0.1) is 0 Å². The van der Waals surface area contributed by atoms with Crippen molar-refractivity contribution in [2.75, 3.05) is 40.0 Å². The van der Waals surface area contributed by atoms with Crippen LogP contribution in [0, 0.1) is 17.8 Å². The predicted octanol–water partition coefficient (Wildman–Crippen LogP) is -1.46. The van der Waals surface area contributed by atoms with Gasteiger partial charge in [-0.25, -0.2) is 14.4 Å². The first-order valence-corrected chi connectivity index (χ1v) is 29.8. The number of rotatable bonds is 39. The van der Waals surface area contributed by atoms with Crippen LogP contribution in [-0.4, -0.2) is 202 Å². The Morgan fingerprint density at radius 1 is 0.788 bits per heavy atom. The van der Waals surface area contributed by atoms with Gasteiger partial charge < -0.3 is 92.6 Å². The molecule has 1 aromatic heterocycles. The largest absolute Gasteiger partial charge is 0.480 e. The average molecular weight is 1210 g/mol. The second-order valence-electron chi connectivity index (χ2n) is 23.0.